The maximum atomic E-state index is 14.6. The Morgan fingerprint density at radius 1 is 0.889 bits per heavy atom. The molecule has 3 aromatic carbocycles. The van der Waals surface area contributed by atoms with Gasteiger partial charge in [0, 0.05) is 58.3 Å². The predicted molar refractivity (Wildman–Crippen MR) is 182 cm³/mol. The number of rotatable bonds is 12. The molecule has 0 aromatic heterocycles. The van der Waals surface area contributed by atoms with Crippen molar-refractivity contribution in [2.24, 2.45) is 0 Å². The van der Waals surface area contributed by atoms with Gasteiger partial charge >= 0.3 is 0 Å². The first kappa shape index (κ1) is 33.9. The monoisotopic (exact) mass is 611 g/mol. The molecule has 1 saturated heterocycles. The van der Waals surface area contributed by atoms with Crippen LogP contribution in [0.25, 0.3) is 10.8 Å². The average Bonchev–Trinajstić information content (AvgIpc) is 3.02. The number of piperazine rings is 1. The molecule has 1 aliphatic rings. The van der Waals surface area contributed by atoms with Crippen molar-refractivity contribution in [3.05, 3.63) is 95.6 Å². The molecular formula is C37H49N5O3. The normalized spacial score (nSPS) is 15.9. The highest BCUT2D eigenvalue weighted by Crippen LogP contribution is 2.22. The van der Waals surface area contributed by atoms with Crippen LogP contribution in [0.5, 0.6) is 0 Å². The van der Waals surface area contributed by atoms with Crippen molar-refractivity contribution >= 4 is 28.5 Å². The smallest absolute Gasteiger partial charge is 0.245 e. The molecule has 4 rings (SSSR count). The molecule has 2 atom stereocenters. The Balaban J connectivity index is 1.65. The SMILES string of the molecule is CNC(=O)/C=C(\C)CC(C)(C)N[C@H](Cc1ccc2ccccc2c1)C(=O)N(C)[C@H](Cc1ccccc1)C(=O)N1CCN(C)CC1. The molecule has 8 nitrogen and oxygen atoms in total. The predicted octanol–water partition coefficient (Wildman–Crippen LogP) is 4.05. The fourth-order valence-electron chi connectivity index (χ4n) is 6.23. The largest absolute Gasteiger partial charge is 0.356 e. The van der Waals surface area contributed by atoms with Crippen LogP contribution < -0.4 is 10.6 Å². The number of nitrogens with zero attached hydrogens (tertiary/aromatic N) is 3. The Morgan fingerprint density at radius 2 is 1.53 bits per heavy atom. The maximum Gasteiger partial charge on any atom is 0.245 e. The number of likely N-dealkylation sites (N-methyl/N-ethyl adjacent to an activating group) is 3. The summed E-state index contributed by atoms with van der Waals surface area (Å²) in [6.45, 7) is 8.93. The lowest BCUT2D eigenvalue weighted by Gasteiger charge is -2.39. The number of amides is 3. The Hall–Kier alpha value is -4.01. The average molecular weight is 612 g/mol. The Labute approximate surface area is 268 Å². The summed E-state index contributed by atoms with van der Waals surface area (Å²) < 4.78 is 0. The third-order valence-corrected chi connectivity index (χ3v) is 8.65. The van der Waals surface area contributed by atoms with Crippen LogP contribution in [0.3, 0.4) is 0 Å². The van der Waals surface area contributed by atoms with Crippen LogP contribution in [0.15, 0.2) is 84.4 Å². The van der Waals surface area contributed by atoms with E-state index < -0.39 is 17.6 Å². The highest BCUT2D eigenvalue weighted by molar-refractivity contribution is 5.91. The molecule has 0 aliphatic carbocycles. The number of hydrogen-bond donors (Lipinski definition) is 2. The minimum absolute atomic E-state index is 0.0177. The van der Waals surface area contributed by atoms with Crippen molar-refractivity contribution in [3.63, 3.8) is 0 Å². The van der Waals surface area contributed by atoms with E-state index in [9.17, 15) is 14.4 Å². The summed E-state index contributed by atoms with van der Waals surface area (Å²) in [6.07, 6.45) is 3.06. The topological polar surface area (TPSA) is 85.0 Å². The zero-order valence-electron chi connectivity index (χ0n) is 27.7. The quantitative estimate of drug-likeness (QED) is 0.302. The van der Waals surface area contributed by atoms with Gasteiger partial charge in [-0.05, 0) is 62.6 Å². The van der Waals surface area contributed by atoms with Crippen molar-refractivity contribution in [2.75, 3.05) is 47.3 Å². The lowest BCUT2D eigenvalue weighted by atomic mass is 9.92. The molecule has 1 heterocycles. The van der Waals surface area contributed by atoms with Gasteiger partial charge in [-0.25, -0.2) is 0 Å². The summed E-state index contributed by atoms with van der Waals surface area (Å²) in [5.74, 6) is -0.304. The molecule has 45 heavy (non-hydrogen) atoms. The number of carbonyl (C=O) groups is 3. The summed E-state index contributed by atoms with van der Waals surface area (Å²) in [7, 11) is 5.44. The number of benzene rings is 3. The molecule has 3 amide bonds. The third-order valence-electron chi connectivity index (χ3n) is 8.65. The number of fused-ring (bicyclic) bond motifs is 1. The van der Waals surface area contributed by atoms with E-state index >= 15 is 0 Å². The van der Waals surface area contributed by atoms with Crippen LogP contribution in [0.4, 0.5) is 0 Å². The second kappa shape index (κ2) is 15.3. The van der Waals surface area contributed by atoms with Gasteiger partial charge in [-0.2, -0.15) is 0 Å². The van der Waals surface area contributed by atoms with Gasteiger partial charge in [-0.15, -0.1) is 0 Å². The first-order valence-corrected chi connectivity index (χ1v) is 15.9. The standard InChI is InChI=1S/C37H49N5O3/c1-27(22-34(43)38-4)26-37(2,3)39-32(24-29-16-17-30-14-10-11-15-31(30)23-29)35(44)41(6)33(25-28-12-8-7-9-13-28)36(45)42-20-18-40(5)19-21-42/h7-17,22-23,32-33,39H,18-21,24-26H2,1-6H3,(H,38,43)/b27-22+/t32-,33-/m1/s1. The van der Waals surface area contributed by atoms with Gasteiger partial charge in [0.05, 0.1) is 6.04 Å². The molecule has 0 spiro atoms. The highest BCUT2D eigenvalue weighted by Gasteiger charge is 2.36. The van der Waals surface area contributed by atoms with Gasteiger partial charge in [0.15, 0.2) is 0 Å². The van der Waals surface area contributed by atoms with Crippen LogP contribution in [-0.2, 0) is 27.2 Å². The zero-order valence-corrected chi connectivity index (χ0v) is 27.7. The first-order valence-electron chi connectivity index (χ1n) is 15.9. The minimum atomic E-state index is -0.637. The van der Waals surface area contributed by atoms with Gasteiger partial charge in [-0.1, -0.05) is 78.4 Å². The number of nitrogens with one attached hydrogen (secondary N) is 2. The van der Waals surface area contributed by atoms with Crippen molar-refractivity contribution in [1.29, 1.82) is 0 Å². The molecular weight excluding hydrogens is 562 g/mol. The van der Waals surface area contributed by atoms with Crippen molar-refractivity contribution in [3.8, 4) is 0 Å². The third kappa shape index (κ3) is 9.49. The molecule has 0 radical (unpaired) electrons. The first-order chi connectivity index (χ1) is 21.5. The number of hydrogen-bond acceptors (Lipinski definition) is 5. The van der Waals surface area contributed by atoms with Gasteiger partial charge in [0.25, 0.3) is 0 Å². The van der Waals surface area contributed by atoms with Crippen molar-refractivity contribution in [2.45, 2.75) is 57.7 Å². The molecule has 0 saturated carbocycles. The van der Waals surface area contributed by atoms with E-state index in [-0.39, 0.29) is 17.7 Å². The fourth-order valence-corrected chi connectivity index (χ4v) is 6.23. The molecule has 8 heteroatoms. The summed E-state index contributed by atoms with van der Waals surface area (Å²) in [5, 5.41) is 8.54. The van der Waals surface area contributed by atoms with Crippen LogP contribution >= 0.6 is 0 Å². The van der Waals surface area contributed by atoms with Crippen LogP contribution in [0.1, 0.15) is 38.3 Å². The highest BCUT2D eigenvalue weighted by atomic mass is 16.2. The molecule has 3 aromatic rings. The number of carbonyl (C=O) groups excluding carboxylic acids is 3. The van der Waals surface area contributed by atoms with Crippen LogP contribution in [0.2, 0.25) is 0 Å². The van der Waals surface area contributed by atoms with Crippen LogP contribution in [0, 0.1) is 0 Å². The fraction of sp³-hybridized carbons (Fsp3) is 0.432. The van der Waals surface area contributed by atoms with E-state index in [1.807, 2.05) is 68.1 Å². The van der Waals surface area contributed by atoms with E-state index in [0.717, 1.165) is 40.6 Å². The van der Waals surface area contributed by atoms with Gasteiger partial charge in [0.1, 0.15) is 6.04 Å². The lowest BCUT2D eigenvalue weighted by Crippen LogP contribution is -2.60. The van der Waals surface area contributed by atoms with E-state index in [2.05, 4.69) is 52.9 Å². The summed E-state index contributed by atoms with van der Waals surface area (Å²) in [6, 6.07) is 23.2. The minimum Gasteiger partial charge on any atom is -0.356 e. The summed E-state index contributed by atoms with van der Waals surface area (Å²) in [5.41, 5.74) is 2.44. The Morgan fingerprint density at radius 3 is 2.20 bits per heavy atom. The molecule has 0 bridgehead atoms. The zero-order chi connectivity index (χ0) is 32.6. The van der Waals surface area contributed by atoms with E-state index in [0.29, 0.717) is 32.4 Å². The van der Waals surface area contributed by atoms with E-state index in [4.69, 9.17) is 0 Å². The molecule has 1 aliphatic heterocycles. The van der Waals surface area contributed by atoms with Crippen LogP contribution in [-0.4, -0.2) is 97.4 Å². The Kier molecular flexibility index (Phi) is 11.5. The van der Waals surface area contributed by atoms with Crippen molar-refractivity contribution < 1.29 is 14.4 Å². The second-order valence-electron chi connectivity index (χ2n) is 13.0. The molecule has 240 valence electrons. The molecule has 1 fully saturated rings. The lowest BCUT2D eigenvalue weighted by molar-refractivity contribution is -0.146. The molecule has 2 N–H and O–H groups in total. The summed E-state index contributed by atoms with van der Waals surface area (Å²) >= 11 is 0. The van der Waals surface area contributed by atoms with E-state index in [1.165, 1.54) is 0 Å². The Bertz CT molecular complexity index is 1490. The van der Waals surface area contributed by atoms with Gasteiger partial charge in [-0.3, -0.25) is 14.4 Å². The van der Waals surface area contributed by atoms with Gasteiger partial charge < -0.3 is 25.3 Å². The summed E-state index contributed by atoms with van der Waals surface area (Å²) in [4.78, 5) is 46.5. The van der Waals surface area contributed by atoms with E-state index in [1.54, 1.807) is 25.1 Å². The maximum absolute atomic E-state index is 14.6. The van der Waals surface area contributed by atoms with Gasteiger partial charge in [0.2, 0.25) is 17.7 Å². The molecule has 0 unspecified atom stereocenters. The van der Waals surface area contributed by atoms with Crippen molar-refractivity contribution in [1.82, 2.24) is 25.3 Å². The second-order valence-corrected chi connectivity index (χ2v) is 13.0.